The van der Waals surface area contributed by atoms with Crippen LogP contribution in [0.1, 0.15) is 101 Å². The molecule has 37 nitrogen and oxygen atoms in total. The van der Waals surface area contributed by atoms with Gasteiger partial charge >= 0.3 is 0 Å². The average Bonchev–Trinajstić information content (AvgIpc) is 1.61. The smallest absolute Gasteiger partial charge is 0.274 e. The average molecular weight is 1820 g/mol. The molecular weight excluding hydrogens is 1720 g/mol. The van der Waals surface area contributed by atoms with E-state index in [1.165, 1.54) is 12.0 Å². The van der Waals surface area contributed by atoms with Crippen LogP contribution in [-0.2, 0) is 32.7 Å². The molecular formula is C98H102N24O13. The molecule has 37 heteroatoms. The monoisotopic (exact) mass is 1820 g/mol. The van der Waals surface area contributed by atoms with Crippen LogP contribution in [0.4, 0.5) is 68.8 Å². The second kappa shape index (κ2) is 42.1. The summed E-state index contributed by atoms with van der Waals surface area (Å²) in [7, 11) is 9.51. The number of anilines is 12. The summed E-state index contributed by atoms with van der Waals surface area (Å²) in [6, 6.07) is 46.7. The van der Waals surface area contributed by atoms with Crippen molar-refractivity contribution in [3.05, 3.63) is 275 Å². The summed E-state index contributed by atoms with van der Waals surface area (Å²) in [5.41, 5.74) is 13.9. The van der Waals surface area contributed by atoms with Crippen LogP contribution in [0.5, 0.6) is 34.5 Å². The zero-order valence-corrected chi connectivity index (χ0v) is 75.4. The quantitative estimate of drug-likeness (QED) is 0.0313. The predicted molar refractivity (Wildman–Crippen MR) is 513 cm³/mol. The van der Waals surface area contributed by atoms with Crippen LogP contribution >= 0.6 is 0 Å². The first kappa shape index (κ1) is 90.9. The molecule has 0 bridgehead atoms. The molecule has 0 radical (unpaired) electrons. The Balaban J connectivity index is 0.000000125. The number of piperazine rings is 4. The number of hydrogen-bond donors (Lipinski definition) is 8. The fourth-order valence-corrected chi connectivity index (χ4v) is 17.1. The number of carbonyl (C=O) groups excluding carboxylic acids is 7. The number of carbonyl (C=O) groups is 7. The first-order valence-corrected chi connectivity index (χ1v) is 44.3. The summed E-state index contributed by atoms with van der Waals surface area (Å²) in [6.07, 6.45) is 13.5. The van der Waals surface area contributed by atoms with Crippen LogP contribution in [0.2, 0.25) is 0 Å². The highest BCUT2D eigenvalue weighted by Crippen LogP contribution is 2.41. The molecule has 12 aromatic rings. The van der Waals surface area contributed by atoms with Crippen molar-refractivity contribution in [2.24, 2.45) is 0 Å². The zero-order chi connectivity index (χ0) is 93.4. The van der Waals surface area contributed by atoms with Gasteiger partial charge in [0.05, 0.1) is 133 Å². The van der Waals surface area contributed by atoms with Crippen molar-refractivity contribution in [1.82, 2.24) is 61.1 Å². The molecule has 4 saturated heterocycles. The summed E-state index contributed by atoms with van der Waals surface area (Å²) in [6.45, 7) is 16.4. The van der Waals surface area contributed by atoms with E-state index in [9.17, 15) is 33.6 Å². The standard InChI is InChI=1S/C25H26N6O4.C25H28N6O3.2C24H24N6O3/c1-34-21-12-16-15-31(25(33)17(16)13-22(21)35-2)23-5-3-4-18(28-23)24(32)29-19-14-27-7-6-20(19)30-10-8-26-9-11-30;1-33-22-12-17-15-31(16-18(17)13-23(22)34-2)24-5-3-4-19(28-24)25(32)29-20-14-27-7-6-21(20)30-10-8-26-9-11-30;1-33-17-5-6-18-16(13-17)15-30(24(18)32)22-4-2-3-19(27-22)23(31)28-20-14-26-8-7-21(20)29-11-9-25-10-12-29;1-33-17-6-5-16-15-30(24(32)18(16)13-17)22-4-2-3-19(27-22)23(31)28-20-14-26-8-7-21(20)29-11-9-25-10-12-29/h3-7,12-14,26H,8-11,15H2,1-2H3,(H,29,32);3-7,12-14,26H,8-11,15-16H2,1-2H3,(H,29,32);2*2-8,13-14,25H,9-12,15H2,1H3,(H,28,31). The fraction of sp³-hybridized carbons (Fsp3) is 0.276. The van der Waals surface area contributed by atoms with Gasteiger partial charge in [-0.3, -0.25) is 68.2 Å². The minimum atomic E-state index is -0.372. The van der Waals surface area contributed by atoms with E-state index < -0.39 is 0 Å². The van der Waals surface area contributed by atoms with E-state index in [4.69, 9.17) is 28.4 Å². The Morgan fingerprint density at radius 3 is 0.941 bits per heavy atom. The minimum Gasteiger partial charge on any atom is -0.497 e. The molecule has 4 fully saturated rings. The highest BCUT2D eigenvalue weighted by atomic mass is 16.5. The van der Waals surface area contributed by atoms with Crippen LogP contribution < -0.4 is 110 Å². The number of pyridine rings is 8. The topological polar surface area (TPSA) is 400 Å². The van der Waals surface area contributed by atoms with Gasteiger partial charge in [0.25, 0.3) is 41.4 Å². The number of benzene rings is 4. The Morgan fingerprint density at radius 2 is 0.585 bits per heavy atom. The summed E-state index contributed by atoms with van der Waals surface area (Å²) in [5, 5.41) is 25.2. The van der Waals surface area contributed by atoms with Crippen molar-refractivity contribution in [2.75, 3.05) is 208 Å². The zero-order valence-electron chi connectivity index (χ0n) is 75.4. The Labute approximate surface area is 778 Å². The molecule has 8 aliphatic heterocycles. The molecule has 0 atom stereocenters. The first-order valence-electron chi connectivity index (χ1n) is 44.3. The molecule has 0 saturated carbocycles. The van der Waals surface area contributed by atoms with E-state index in [-0.39, 0.29) is 58.4 Å². The van der Waals surface area contributed by atoms with Gasteiger partial charge in [-0.05, 0) is 155 Å². The van der Waals surface area contributed by atoms with Crippen LogP contribution in [0, 0.1) is 0 Å². The number of nitrogens with zero attached hydrogens (tertiary/aromatic N) is 16. The van der Waals surface area contributed by atoms with Gasteiger partial charge < -0.3 is 95.5 Å². The van der Waals surface area contributed by atoms with E-state index in [0.29, 0.717) is 130 Å². The Kier molecular flexibility index (Phi) is 28.3. The highest BCUT2D eigenvalue weighted by molar-refractivity contribution is 6.13. The lowest BCUT2D eigenvalue weighted by Crippen LogP contribution is -2.43. The van der Waals surface area contributed by atoms with Crippen LogP contribution in [0.25, 0.3) is 0 Å². The molecule has 692 valence electrons. The molecule has 7 amide bonds. The molecule has 16 heterocycles. The number of hydrogen-bond acceptors (Lipinski definition) is 30. The Hall–Kier alpha value is -16.0. The van der Waals surface area contributed by atoms with E-state index in [1.807, 2.05) is 66.7 Å². The number of aromatic nitrogens is 8. The number of fused-ring (bicyclic) bond motifs is 4. The third kappa shape index (κ3) is 20.5. The second-order valence-electron chi connectivity index (χ2n) is 32.3. The molecule has 4 aromatic carbocycles. The predicted octanol–water partition coefficient (Wildman–Crippen LogP) is 9.61. The molecule has 0 unspecified atom stereocenters. The number of amides is 7. The lowest BCUT2D eigenvalue weighted by atomic mass is 10.1. The maximum Gasteiger partial charge on any atom is 0.274 e. The lowest BCUT2D eigenvalue weighted by Gasteiger charge is -2.30. The van der Waals surface area contributed by atoms with Gasteiger partial charge in [-0.15, -0.1) is 0 Å². The van der Waals surface area contributed by atoms with Gasteiger partial charge in [0, 0.05) is 159 Å². The number of methoxy groups -OCH3 is 6. The third-order valence-electron chi connectivity index (χ3n) is 24.1. The minimum absolute atomic E-state index is 0.147. The van der Waals surface area contributed by atoms with Crippen molar-refractivity contribution in [1.29, 1.82) is 0 Å². The van der Waals surface area contributed by atoms with Gasteiger partial charge in [0.2, 0.25) is 0 Å². The molecule has 0 aliphatic carbocycles. The van der Waals surface area contributed by atoms with Crippen LogP contribution in [0.3, 0.4) is 0 Å². The van der Waals surface area contributed by atoms with Gasteiger partial charge in [-0.1, -0.05) is 30.3 Å². The molecule has 8 N–H and O–H groups in total. The summed E-state index contributed by atoms with van der Waals surface area (Å²) < 4.78 is 32.1. The van der Waals surface area contributed by atoms with Crippen molar-refractivity contribution >= 4 is 110 Å². The maximum absolute atomic E-state index is 13.1. The van der Waals surface area contributed by atoms with Gasteiger partial charge in [0.1, 0.15) is 57.5 Å². The molecule has 135 heavy (non-hydrogen) atoms. The third-order valence-corrected chi connectivity index (χ3v) is 24.1. The Morgan fingerprint density at radius 1 is 0.289 bits per heavy atom. The normalized spacial score (nSPS) is 15.2. The van der Waals surface area contributed by atoms with Crippen LogP contribution in [-0.4, -0.2) is 229 Å². The highest BCUT2D eigenvalue weighted by Gasteiger charge is 2.36. The van der Waals surface area contributed by atoms with E-state index in [2.05, 4.69) is 107 Å². The Bertz CT molecular complexity index is 6260. The van der Waals surface area contributed by atoms with E-state index >= 15 is 0 Å². The van der Waals surface area contributed by atoms with E-state index in [0.717, 1.165) is 161 Å². The largest absolute Gasteiger partial charge is 0.497 e. The number of nitrogens with one attached hydrogen (secondary N) is 8. The maximum atomic E-state index is 13.1. The van der Waals surface area contributed by atoms with Gasteiger partial charge in [0.15, 0.2) is 23.0 Å². The van der Waals surface area contributed by atoms with E-state index in [1.54, 1.807) is 186 Å². The van der Waals surface area contributed by atoms with Crippen molar-refractivity contribution in [2.45, 2.75) is 32.7 Å². The summed E-state index contributed by atoms with van der Waals surface area (Å²) >= 11 is 0. The van der Waals surface area contributed by atoms with Gasteiger partial charge in [-0.25, -0.2) is 19.9 Å². The lowest BCUT2D eigenvalue weighted by molar-refractivity contribution is 0.0987. The van der Waals surface area contributed by atoms with Crippen molar-refractivity contribution < 1.29 is 62.0 Å². The molecule has 8 aromatic heterocycles. The molecule has 0 spiro atoms. The second-order valence-corrected chi connectivity index (χ2v) is 32.3. The fourth-order valence-electron chi connectivity index (χ4n) is 17.1. The number of ether oxygens (including phenoxy) is 6. The van der Waals surface area contributed by atoms with Crippen molar-refractivity contribution in [3.63, 3.8) is 0 Å². The first-order chi connectivity index (χ1) is 66.0. The van der Waals surface area contributed by atoms with Gasteiger partial charge in [-0.2, -0.15) is 0 Å². The van der Waals surface area contributed by atoms with Crippen LogP contribution in [0.15, 0.2) is 207 Å². The summed E-state index contributed by atoms with van der Waals surface area (Å²) in [4.78, 5) is 142. The molecule has 20 rings (SSSR count). The summed E-state index contributed by atoms with van der Waals surface area (Å²) in [5.74, 6) is 3.91. The van der Waals surface area contributed by atoms with Crippen molar-refractivity contribution in [3.8, 4) is 34.5 Å². The number of rotatable bonds is 22. The SMILES string of the molecule is COc1cc2c(cc1OC)C(=O)N(c1cccc(C(=O)Nc3cnccc3N3CCNCC3)n1)C2.COc1cc2c(cc1OC)CN(c1cccc(C(=O)Nc3cnccc3N3CCNCC3)n1)C2.COc1ccc2c(c1)C(=O)N(c1cccc(C(=O)Nc3cnccc3N3CCNCC3)n1)C2.COc1ccc2c(c1)CN(c1cccc(C(=O)Nc3cnccc3N3CCNCC3)n1)C2=O. The molecule has 8 aliphatic rings.